The maximum Gasteiger partial charge on any atom is 0.316 e. The van der Waals surface area contributed by atoms with E-state index in [9.17, 15) is 4.79 Å². The summed E-state index contributed by atoms with van der Waals surface area (Å²) in [6.45, 7) is 2.15. The van der Waals surface area contributed by atoms with Crippen molar-refractivity contribution in [2.75, 3.05) is 19.5 Å². The van der Waals surface area contributed by atoms with Crippen LogP contribution in [0.4, 0.5) is 0 Å². The predicted molar refractivity (Wildman–Crippen MR) is 96.9 cm³/mol. The normalized spacial score (nSPS) is 10.5. The Balaban J connectivity index is 1.68. The van der Waals surface area contributed by atoms with Crippen molar-refractivity contribution in [1.29, 1.82) is 0 Å². The van der Waals surface area contributed by atoms with Crippen LogP contribution in [0, 0.1) is 0 Å². The van der Waals surface area contributed by atoms with Crippen LogP contribution in [-0.4, -0.2) is 40.6 Å². The van der Waals surface area contributed by atoms with Crippen molar-refractivity contribution < 1.29 is 18.8 Å². The molecule has 0 radical (unpaired) electrons. The molecule has 0 aliphatic heterocycles. The molecule has 0 N–H and O–H groups in total. The van der Waals surface area contributed by atoms with E-state index in [0.29, 0.717) is 23.9 Å². The Morgan fingerprint density at radius 2 is 1.92 bits per heavy atom. The largest absolute Gasteiger partial charge is 0.497 e. The van der Waals surface area contributed by atoms with Crippen molar-refractivity contribution in [1.82, 2.24) is 15.1 Å². The number of carbonyl (C=O) groups is 1. The molecule has 134 valence electrons. The van der Waals surface area contributed by atoms with Crippen molar-refractivity contribution in [3.63, 3.8) is 0 Å². The van der Waals surface area contributed by atoms with E-state index >= 15 is 0 Å². The molecule has 2 heterocycles. The van der Waals surface area contributed by atoms with Gasteiger partial charge in [0, 0.05) is 11.8 Å². The fourth-order valence-electron chi connectivity index (χ4n) is 2.13. The predicted octanol–water partition coefficient (Wildman–Crippen LogP) is 3.46. The van der Waals surface area contributed by atoms with E-state index in [-0.39, 0.29) is 11.7 Å². The molecule has 26 heavy (non-hydrogen) atoms. The van der Waals surface area contributed by atoms with E-state index in [2.05, 4.69) is 15.1 Å². The average Bonchev–Trinajstić information content (AvgIpc) is 3.17. The molecule has 0 aliphatic rings. The van der Waals surface area contributed by atoms with Crippen LogP contribution in [0.15, 0.2) is 52.1 Å². The highest BCUT2D eigenvalue weighted by Crippen LogP contribution is 2.25. The minimum atomic E-state index is -0.260. The zero-order chi connectivity index (χ0) is 18.4. The first kappa shape index (κ1) is 17.9. The Hall–Kier alpha value is -2.87. The number of nitrogens with zero attached hydrogens (tertiary/aromatic N) is 3. The number of esters is 1. The van der Waals surface area contributed by atoms with E-state index in [1.807, 2.05) is 30.3 Å². The summed E-state index contributed by atoms with van der Waals surface area (Å²) < 4.78 is 15.3. The first-order valence-corrected chi connectivity index (χ1v) is 8.91. The van der Waals surface area contributed by atoms with E-state index in [1.54, 1.807) is 26.3 Å². The third-order valence-electron chi connectivity index (χ3n) is 3.40. The van der Waals surface area contributed by atoms with Crippen LogP contribution >= 0.6 is 11.8 Å². The number of methoxy groups -OCH3 is 1. The SMILES string of the molecule is CCOC(=O)CSc1ccc(-c2nc(-c3ccc(OC)cc3)no2)cn1. The summed E-state index contributed by atoms with van der Waals surface area (Å²) in [5.41, 5.74) is 1.54. The lowest BCUT2D eigenvalue weighted by Crippen LogP contribution is -2.06. The summed E-state index contributed by atoms with van der Waals surface area (Å²) in [5.74, 6) is 1.60. The average molecular weight is 371 g/mol. The number of hydrogen-bond donors (Lipinski definition) is 0. The highest BCUT2D eigenvalue weighted by Gasteiger charge is 2.12. The van der Waals surface area contributed by atoms with Crippen LogP contribution in [-0.2, 0) is 9.53 Å². The molecule has 0 aliphatic carbocycles. The van der Waals surface area contributed by atoms with E-state index in [0.717, 1.165) is 16.3 Å². The molecule has 8 heteroatoms. The number of thioether (sulfide) groups is 1. The van der Waals surface area contributed by atoms with Gasteiger partial charge in [-0.05, 0) is 43.3 Å². The second-order valence-corrected chi connectivity index (χ2v) is 6.13. The van der Waals surface area contributed by atoms with Crippen LogP contribution in [0.5, 0.6) is 5.75 Å². The Morgan fingerprint density at radius 1 is 1.15 bits per heavy atom. The number of benzene rings is 1. The Labute approximate surface area is 154 Å². The van der Waals surface area contributed by atoms with Gasteiger partial charge in [-0.3, -0.25) is 4.79 Å². The van der Waals surface area contributed by atoms with Crippen molar-refractivity contribution in [2.45, 2.75) is 11.9 Å². The van der Waals surface area contributed by atoms with Gasteiger partial charge in [0.1, 0.15) is 5.75 Å². The summed E-state index contributed by atoms with van der Waals surface area (Å²) in [6, 6.07) is 11.0. The van der Waals surface area contributed by atoms with Gasteiger partial charge < -0.3 is 14.0 Å². The molecule has 0 saturated heterocycles. The minimum Gasteiger partial charge on any atom is -0.497 e. The number of hydrogen-bond acceptors (Lipinski definition) is 8. The maximum atomic E-state index is 11.4. The van der Waals surface area contributed by atoms with Crippen LogP contribution in [0.25, 0.3) is 22.8 Å². The molecule has 3 rings (SSSR count). The Bertz CT molecular complexity index is 863. The smallest absolute Gasteiger partial charge is 0.316 e. The third kappa shape index (κ3) is 4.40. The van der Waals surface area contributed by atoms with Crippen molar-refractivity contribution in [3.05, 3.63) is 42.6 Å². The Kier molecular flexibility index (Phi) is 5.85. The van der Waals surface area contributed by atoms with Gasteiger partial charge in [0.05, 0.1) is 30.1 Å². The molecule has 0 bridgehead atoms. The highest BCUT2D eigenvalue weighted by atomic mass is 32.2. The van der Waals surface area contributed by atoms with E-state index in [4.69, 9.17) is 14.0 Å². The zero-order valence-electron chi connectivity index (χ0n) is 14.3. The number of ether oxygens (including phenoxy) is 2. The molecule has 3 aromatic rings. The zero-order valence-corrected chi connectivity index (χ0v) is 15.2. The first-order valence-electron chi connectivity index (χ1n) is 7.92. The summed E-state index contributed by atoms with van der Waals surface area (Å²) in [6.07, 6.45) is 1.64. The first-order chi connectivity index (χ1) is 12.7. The van der Waals surface area contributed by atoms with Gasteiger partial charge in [0.25, 0.3) is 5.89 Å². The number of carbonyl (C=O) groups excluding carboxylic acids is 1. The maximum absolute atomic E-state index is 11.4. The summed E-state index contributed by atoms with van der Waals surface area (Å²) in [4.78, 5) is 20.1. The fourth-order valence-corrected chi connectivity index (χ4v) is 2.77. The van der Waals surface area contributed by atoms with Gasteiger partial charge in [-0.1, -0.05) is 16.9 Å². The van der Waals surface area contributed by atoms with Crippen molar-refractivity contribution >= 4 is 17.7 Å². The second kappa shape index (κ2) is 8.48. The number of rotatable bonds is 7. The molecule has 7 nitrogen and oxygen atoms in total. The number of pyridine rings is 1. The Morgan fingerprint density at radius 3 is 2.58 bits per heavy atom. The lowest BCUT2D eigenvalue weighted by molar-refractivity contribution is -0.139. The monoisotopic (exact) mass is 371 g/mol. The van der Waals surface area contributed by atoms with E-state index in [1.165, 1.54) is 11.8 Å². The molecule has 2 aromatic heterocycles. The van der Waals surface area contributed by atoms with Gasteiger partial charge in [-0.15, -0.1) is 0 Å². The van der Waals surface area contributed by atoms with Gasteiger partial charge in [-0.2, -0.15) is 4.98 Å². The van der Waals surface area contributed by atoms with Gasteiger partial charge in [0.15, 0.2) is 0 Å². The summed E-state index contributed by atoms with van der Waals surface area (Å²) >= 11 is 1.31. The van der Waals surface area contributed by atoms with Gasteiger partial charge in [0.2, 0.25) is 5.82 Å². The molecular weight excluding hydrogens is 354 g/mol. The molecule has 0 atom stereocenters. The van der Waals surface area contributed by atoms with Crippen molar-refractivity contribution in [2.24, 2.45) is 0 Å². The molecule has 0 saturated carbocycles. The van der Waals surface area contributed by atoms with E-state index < -0.39 is 0 Å². The molecule has 0 fully saturated rings. The summed E-state index contributed by atoms with van der Waals surface area (Å²) in [5, 5.41) is 4.72. The van der Waals surface area contributed by atoms with Crippen LogP contribution < -0.4 is 4.74 Å². The molecule has 1 aromatic carbocycles. The van der Waals surface area contributed by atoms with Gasteiger partial charge in [-0.25, -0.2) is 4.98 Å². The quantitative estimate of drug-likeness (QED) is 0.461. The van der Waals surface area contributed by atoms with Gasteiger partial charge >= 0.3 is 5.97 Å². The van der Waals surface area contributed by atoms with Crippen LogP contribution in [0.1, 0.15) is 6.92 Å². The lowest BCUT2D eigenvalue weighted by Gasteiger charge is -2.01. The molecule has 0 spiro atoms. The lowest BCUT2D eigenvalue weighted by atomic mass is 10.2. The molecular formula is C18H17N3O4S. The third-order valence-corrected chi connectivity index (χ3v) is 4.32. The summed E-state index contributed by atoms with van der Waals surface area (Å²) in [7, 11) is 1.61. The molecule has 0 unspecified atom stereocenters. The van der Waals surface area contributed by atoms with Crippen LogP contribution in [0.3, 0.4) is 0 Å². The fraction of sp³-hybridized carbons (Fsp3) is 0.222. The van der Waals surface area contributed by atoms with Crippen molar-refractivity contribution in [3.8, 4) is 28.6 Å². The molecule has 0 amide bonds. The topological polar surface area (TPSA) is 87.3 Å². The standard InChI is InChI=1S/C18H17N3O4S/c1-3-24-16(22)11-26-15-9-6-13(10-19-15)18-20-17(21-25-18)12-4-7-14(23-2)8-5-12/h4-10H,3,11H2,1-2H3. The highest BCUT2D eigenvalue weighted by molar-refractivity contribution is 7.99. The van der Waals surface area contributed by atoms with Crippen LogP contribution in [0.2, 0.25) is 0 Å². The number of aromatic nitrogens is 3. The second-order valence-electron chi connectivity index (χ2n) is 5.13. The minimum absolute atomic E-state index is 0.225.